The van der Waals surface area contributed by atoms with E-state index in [1.54, 1.807) is 4.90 Å². The van der Waals surface area contributed by atoms with Crippen LogP contribution in [0.4, 0.5) is 0 Å². The predicted molar refractivity (Wildman–Crippen MR) is 101 cm³/mol. The van der Waals surface area contributed by atoms with Crippen molar-refractivity contribution in [3.63, 3.8) is 0 Å². The second-order valence-corrected chi connectivity index (χ2v) is 6.83. The van der Waals surface area contributed by atoms with Crippen LogP contribution >= 0.6 is 0 Å². The fourth-order valence-electron chi connectivity index (χ4n) is 3.60. The third-order valence-electron chi connectivity index (χ3n) is 4.92. The number of carbonyl (C=O) groups is 2. The minimum absolute atomic E-state index is 0.0523. The maximum Gasteiger partial charge on any atom is 0.245 e. The molecule has 1 fully saturated rings. The molecular formula is C20H27N3O3. The van der Waals surface area contributed by atoms with E-state index in [0.29, 0.717) is 19.5 Å². The lowest BCUT2D eigenvalue weighted by atomic mass is 10.0. The van der Waals surface area contributed by atoms with Crippen molar-refractivity contribution in [2.75, 3.05) is 19.7 Å². The molecule has 6 nitrogen and oxygen atoms in total. The summed E-state index contributed by atoms with van der Waals surface area (Å²) in [7, 11) is 0. The van der Waals surface area contributed by atoms with Crippen LogP contribution in [0.3, 0.4) is 0 Å². The molecule has 2 unspecified atom stereocenters. The van der Waals surface area contributed by atoms with Crippen LogP contribution in [0, 0.1) is 0 Å². The van der Waals surface area contributed by atoms with Gasteiger partial charge in [-0.3, -0.25) is 9.59 Å². The second kappa shape index (κ2) is 8.36. The maximum absolute atomic E-state index is 13.1. The quantitative estimate of drug-likeness (QED) is 0.798. The number of likely N-dealkylation sites (N-methyl/N-ethyl adjacent to an activating group) is 1. The van der Waals surface area contributed by atoms with E-state index >= 15 is 0 Å². The van der Waals surface area contributed by atoms with Gasteiger partial charge < -0.3 is 19.9 Å². The van der Waals surface area contributed by atoms with Gasteiger partial charge in [-0.15, -0.1) is 0 Å². The molecule has 1 aliphatic heterocycles. The van der Waals surface area contributed by atoms with Crippen LogP contribution in [-0.4, -0.2) is 53.5 Å². The van der Waals surface area contributed by atoms with E-state index in [2.05, 4.69) is 10.3 Å². The Morgan fingerprint density at radius 1 is 1.38 bits per heavy atom. The van der Waals surface area contributed by atoms with Crippen LogP contribution < -0.4 is 5.32 Å². The van der Waals surface area contributed by atoms with Gasteiger partial charge in [0.1, 0.15) is 6.04 Å². The number of benzene rings is 1. The highest BCUT2D eigenvalue weighted by atomic mass is 16.5. The van der Waals surface area contributed by atoms with Crippen molar-refractivity contribution in [3.05, 3.63) is 36.0 Å². The topological polar surface area (TPSA) is 74.4 Å². The number of carbonyl (C=O) groups excluding carboxylic acids is 2. The molecule has 0 radical (unpaired) electrons. The zero-order valence-electron chi connectivity index (χ0n) is 15.5. The molecule has 2 atom stereocenters. The van der Waals surface area contributed by atoms with Gasteiger partial charge in [0.15, 0.2) is 0 Å². The highest BCUT2D eigenvalue weighted by Gasteiger charge is 2.28. The molecule has 0 aliphatic carbocycles. The molecule has 1 aromatic heterocycles. The first-order chi connectivity index (χ1) is 12.6. The SMILES string of the molecule is CCN(CC1CCCO1)C(=O)C(Cc1c[nH]c2ccccc12)NC(C)=O. The van der Waals surface area contributed by atoms with Crippen LogP contribution in [-0.2, 0) is 20.7 Å². The number of hydrogen-bond donors (Lipinski definition) is 2. The molecule has 140 valence electrons. The van der Waals surface area contributed by atoms with Crippen molar-refractivity contribution in [1.29, 1.82) is 0 Å². The first-order valence-electron chi connectivity index (χ1n) is 9.31. The molecule has 2 heterocycles. The fourth-order valence-corrected chi connectivity index (χ4v) is 3.60. The minimum Gasteiger partial charge on any atom is -0.376 e. The molecule has 3 rings (SSSR count). The molecule has 2 aromatic rings. The first-order valence-corrected chi connectivity index (χ1v) is 9.31. The Morgan fingerprint density at radius 3 is 2.88 bits per heavy atom. The van der Waals surface area contributed by atoms with Gasteiger partial charge in [-0.2, -0.15) is 0 Å². The summed E-state index contributed by atoms with van der Waals surface area (Å²) in [5.41, 5.74) is 2.06. The number of aromatic nitrogens is 1. The molecular weight excluding hydrogens is 330 g/mol. The van der Waals surface area contributed by atoms with Crippen molar-refractivity contribution in [3.8, 4) is 0 Å². The van der Waals surface area contributed by atoms with Gasteiger partial charge >= 0.3 is 0 Å². The average Bonchev–Trinajstić information content (AvgIpc) is 3.28. The van der Waals surface area contributed by atoms with Crippen LogP contribution in [0.15, 0.2) is 30.5 Å². The van der Waals surface area contributed by atoms with E-state index < -0.39 is 6.04 Å². The Hall–Kier alpha value is -2.34. The molecule has 0 spiro atoms. The minimum atomic E-state index is -0.576. The van der Waals surface area contributed by atoms with E-state index in [0.717, 1.165) is 35.9 Å². The van der Waals surface area contributed by atoms with Crippen molar-refractivity contribution >= 4 is 22.7 Å². The van der Waals surface area contributed by atoms with Crippen LogP contribution in [0.1, 0.15) is 32.3 Å². The van der Waals surface area contributed by atoms with Crippen molar-refractivity contribution in [2.45, 2.75) is 45.3 Å². The van der Waals surface area contributed by atoms with Gasteiger partial charge in [-0.1, -0.05) is 18.2 Å². The van der Waals surface area contributed by atoms with E-state index in [-0.39, 0.29) is 17.9 Å². The van der Waals surface area contributed by atoms with Gasteiger partial charge in [-0.25, -0.2) is 0 Å². The first kappa shape index (κ1) is 18.5. The van der Waals surface area contributed by atoms with Gasteiger partial charge in [0.2, 0.25) is 11.8 Å². The summed E-state index contributed by atoms with van der Waals surface area (Å²) in [5, 5.41) is 3.92. The summed E-state index contributed by atoms with van der Waals surface area (Å²) in [5.74, 6) is -0.250. The standard InChI is InChI=1S/C20H27N3O3/c1-3-23(13-16-7-6-10-26-16)20(25)19(22-14(2)24)11-15-12-21-18-9-5-4-8-17(15)18/h4-5,8-9,12,16,19,21H,3,6-7,10-11,13H2,1-2H3,(H,22,24). The molecule has 0 saturated carbocycles. The Bertz CT molecular complexity index is 765. The third kappa shape index (κ3) is 4.25. The Kier molecular flexibility index (Phi) is 5.93. The number of hydrogen-bond acceptors (Lipinski definition) is 3. The summed E-state index contributed by atoms with van der Waals surface area (Å²) in [6, 6.07) is 7.40. The molecule has 1 aliphatic rings. The number of rotatable bonds is 7. The summed E-state index contributed by atoms with van der Waals surface area (Å²) in [6.45, 7) is 5.36. The summed E-state index contributed by atoms with van der Waals surface area (Å²) in [6.07, 6.45) is 4.51. The van der Waals surface area contributed by atoms with E-state index in [4.69, 9.17) is 4.74 Å². The highest BCUT2D eigenvalue weighted by Crippen LogP contribution is 2.20. The van der Waals surface area contributed by atoms with Crippen LogP contribution in [0.25, 0.3) is 10.9 Å². The maximum atomic E-state index is 13.1. The number of para-hydroxylation sites is 1. The number of nitrogens with zero attached hydrogens (tertiary/aromatic N) is 1. The lowest BCUT2D eigenvalue weighted by molar-refractivity contribution is -0.137. The van der Waals surface area contributed by atoms with Gasteiger partial charge in [0, 0.05) is 50.1 Å². The van der Waals surface area contributed by atoms with Crippen molar-refractivity contribution in [2.24, 2.45) is 0 Å². The largest absolute Gasteiger partial charge is 0.376 e. The number of ether oxygens (including phenoxy) is 1. The summed E-state index contributed by atoms with van der Waals surface area (Å²) < 4.78 is 5.67. The van der Waals surface area contributed by atoms with Gasteiger partial charge in [0.25, 0.3) is 0 Å². The smallest absolute Gasteiger partial charge is 0.245 e. The average molecular weight is 357 g/mol. The molecule has 0 bridgehead atoms. The van der Waals surface area contributed by atoms with Crippen molar-refractivity contribution < 1.29 is 14.3 Å². The Morgan fingerprint density at radius 2 is 2.19 bits per heavy atom. The number of nitrogens with one attached hydrogen (secondary N) is 2. The zero-order valence-corrected chi connectivity index (χ0v) is 15.5. The fraction of sp³-hybridized carbons (Fsp3) is 0.500. The summed E-state index contributed by atoms with van der Waals surface area (Å²) >= 11 is 0. The number of H-pyrrole nitrogens is 1. The van der Waals surface area contributed by atoms with E-state index in [1.807, 2.05) is 37.4 Å². The normalized spacial score (nSPS) is 18.0. The summed E-state index contributed by atoms with van der Waals surface area (Å²) in [4.78, 5) is 29.8. The molecule has 2 amide bonds. The lowest BCUT2D eigenvalue weighted by Gasteiger charge is -2.28. The highest BCUT2D eigenvalue weighted by molar-refractivity contribution is 5.89. The van der Waals surface area contributed by atoms with Crippen molar-refractivity contribution in [1.82, 2.24) is 15.2 Å². The van der Waals surface area contributed by atoms with Gasteiger partial charge in [0.05, 0.1) is 6.10 Å². The van der Waals surface area contributed by atoms with Crippen LogP contribution in [0.2, 0.25) is 0 Å². The predicted octanol–water partition coefficient (Wildman–Crippen LogP) is 2.24. The number of amides is 2. The molecule has 2 N–H and O–H groups in total. The van der Waals surface area contributed by atoms with E-state index in [9.17, 15) is 9.59 Å². The zero-order chi connectivity index (χ0) is 18.5. The third-order valence-corrected chi connectivity index (χ3v) is 4.92. The Labute approximate surface area is 153 Å². The number of fused-ring (bicyclic) bond motifs is 1. The van der Waals surface area contributed by atoms with E-state index in [1.165, 1.54) is 6.92 Å². The molecule has 1 aromatic carbocycles. The van der Waals surface area contributed by atoms with Gasteiger partial charge in [-0.05, 0) is 31.4 Å². The molecule has 26 heavy (non-hydrogen) atoms. The molecule has 1 saturated heterocycles. The van der Waals surface area contributed by atoms with Crippen LogP contribution in [0.5, 0.6) is 0 Å². The molecule has 6 heteroatoms. The Balaban J connectivity index is 1.77. The lowest BCUT2D eigenvalue weighted by Crippen LogP contribution is -2.50. The number of aromatic amines is 1. The monoisotopic (exact) mass is 357 g/mol. The second-order valence-electron chi connectivity index (χ2n) is 6.83.